The Morgan fingerprint density at radius 2 is 2.12 bits per heavy atom. The zero-order chi connectivity index (χ0) is 12.3. The summed E-state index contributed by atoms with van der Waals surface area (Å²) in [6.07, 6.45) is 1.71. The summed E-state index contributed by atoms with van der Waals surface area (Å²) in [5.74, 6) is 1.51. The van der Waals surface area contributed by atoms with Crippen molar-refractivity contribution in [2.45, 2.75) is 13.5 Å². The van der Waals surface area contributed by atoms with Crippen molar-refractivity contribution in [1.82, 2.24) is 4.98 Å². The van der Waals surface area contributed by atoms with Gasteiger partial charge >= 0.3 is 0 Å². The highest BCUT2D eigenvalue weighted by Crippen LogP contribution is 2.29. The van der Waals surface area contributed by atoms with Crippen LogP contribution in [0.25, 0.3) is 0 Å². The molecule has 1 aromatic heterocycles. The third kappa shape index (κ3) is 2.84. The molecule has 0 saturated heterocycles. The highest BCUT2D eigenvalue weighted by Gasteiger charge is 2.06. The molecule has 4 heteroatoms. The van der Waals surface area contributed by atoms with E-state index in [4.69, 9.17) is 10.5 Å². The number of rotatable bonds is 3. The molecule has 3 nitrogen and oxygen atoms in total. The highest BCUT2D eigenvalue weighted by atomic mass is 79.9. The summed E-state index contributed by atoms with van der Waals surface area (Å²) in [7, 11) is 0. The van der Waals surface area contributed by atoms with Crippen molar-refractivity contribution < 1.29 is 4.74 Å². The van der Waals surface area contributed by atoms with Gasteiger partial charge in [-0.1, -0.05) is 22.0 Å². The first-order valence-electron chi connectivity index (χ1n) is 5.28. The molecule has 0 aliphatic carbocycles. The Labute approximate surface area is 109 Å². The highest BCUT2D eigenvalue weighted by molar-refractivity contribution is 9.10. The quantitative estimate of drug-likeness (QED) is 0.943. The van der Waals surface area contributed by atoms with Gasteiger partial charge in [-0.2, -0.15) is 0 Å². The average molecular weight is 293 g/mol. The summed E-state index contributed by atoms with van der Waals surface area (Å²) in [6.45, 7) is 2.36. The predicted molar refractivity (Wildman–Crippen MR) is 71.1 cm³/mol. The Balaban J connectivity index is 2.34. The van der Waals surface area contributed by atoms with Gasteiger partial charge in [-0.15, -0.1) is 0 Å². The Morgan fingerprint density at radius 3 is 2.88 bits per heavy atom. The second-order valence-corrected chi connectivity index (χ2v) is 4.58. The van der Waals surface area contributed by atoms with Gasteiger partial charge in [0.05, 0.1) is 5.69 Å². The number of nitrogens with zero attached hydrogens (tertiary/aromatic N) is 1. The monoisotopic (exact) mass is 292 g/mol. The first-order chi connectivity index (χ1) is 8.20. The van der Waals surface area contributed by atoms with Gasteiger partial charge in [0.25, 0.3) is 0 Å². The maximum absolute atomic E-state index is 5.84. The maximum Gasteiger partial charge on any atom is 0.150 e. The topological polar surface area (TPSA) is 48.1 Å². The van der Waals surface area contributed by atoms with Crippen molar-refractivity contribution in [1.29, 1.82) is 0 Å². The molecule has 1 aromatic carbocycles. The number of pyridine rings is 1. The lowest BCUT2D eigenvalue weighted by molar-refractivity contribution is 0.469. The number of aromatic nitrogens is 1. The van der Waals surface area contributed by atoms with E-state index < -0.39 is 0 Å². The smallest absolute Gasteiger partial charge is 0.150 e. The summed E-state index contributed by atoms with van der Waals surface area (Å²) < 4.78 is 6.82. The first-order valence-corrected chi connectivity index (χ1v) is 6.08. The molecular weight excluding hydrogens is 280 g/mol. The molecule has 0 atom stereocenters. The van der Waals surface area contributed by atoms with Gasteiger partial charge in [-0.25, -0.2) is 0 Å². The van der Waals surface area contributed by atoms with E-state index in [0.29, 0.717) is 12.3 Å². The molecule has 2 aromatic rings. The van der Waals surface area contributed by atoms with E-state index in [1.807, 2.05) is 37.3 Å². The molecule has 88 valence electrons. The van der Waals surface area contributed by atoms with Crippen LogP contribution in [0.2, 0.25) is 0 Å². The fourth-order valence-electron chi connectivity index (χ4n) is 1.47. The number of aryl methyl sites for hydroxylation is 1. The van der Waals surface area contributed by atoms with Gasteiger partial charge in [-0.3, -0.25) is 4.98 Å². The van der Waals surface area contributed by atoms with Crippen LogP contribution >= 0.6 is 15.9 Å². The normalized spacial score (nSPS) is 10.3. The van der Waals surface area contributed by atoms with Crippen LogP contribution in [0.4, 0.5) is 0 Å². The second kappa shape index (κ2) is 5.29. The Bertz CT molecular complexity index is 529. The van der Waals surface area contributed by atoms with E-state index in [-0.39, 0.29) is 0 Å². The third-order valence-electron chi connectivity index (χ3n) is 2.41. The molecule has 0 spiro atoms. The van der Waals surface area contributed by atoms with Crippen LogP contribution in [0.15, 0.2) is 41.0 Å². The largest absolute Gasteiger partial charge is 0.455 e. The lowest BCUT2D eigenvalue weighted by Crippen LogP contribution is -2.02. The number of nitrogens with two attached hydrogens (primary N) is 1. The zero-order valence-corrected chi connectivity index (χ0v) is 11.1. The SMILES string of the molecule is Cc1ccc(Br)cc1Oc1cccnc1CN. The number of ether oxygens (including phenoxy) is 1. The molecule has 2 N–H and O–H groups in total. The van der Waals surface area contributed by atoms with Crippen LogP contribution in [-0.2, 0) is 6.54 Å². The van der Waals surface area contributed by atoms with Crippen molar-refractivity contribution in [2.75, 3.05) is 0 Å². The van der Waals surface area contributed by atoms with Gasteiger partial charge in [0.1, 0.15) is 11.5 Å². The lowest BCUT2D eigenvalue weighted by atomic mass is 10.2. The zero-order valence-electron chi connectivity index (χ0n) is 9.48. The Morgan fingerprint density at radius 1 is 1.29 bits per heavy atom. The van der Waals surface area contributed by atoms with E-state index in [1.165, 1.54) is 0 Å². The van der Waals surface area contributed by atoms with Crippen LogP contribution in [-0.4, -0.2) is 4.98 Å². The van der Waals surface area contributed by atoms with Gasteiger partial charge in [0, 0.05) is 17.2 Å². The molecule has 0 unspecified atom stereocenters. The summed E-state index contributed by atoms with van der Waals surface area (Å²) in [4.78, 5) is 4.18. The molecule has 17 heavy (non-hydrogen) atoms. The van der Waals surface area contributed by atoms with Crippen LogP contribution < -0.4 is 10.5 Å². The van der Waals surface area contributed by atoms with Crippen molar-refractivity contribution in [3.05, 3.63) is 52.3 Å². The number of halogens is 1. The van der Waals surface area contributed by atoms with Crippen LogP contribution in [0.3, 0.4) is 0 Å². The molecular formula is C13H13BrN2O. The number of hydrogen-bond donors (Lipinski definition) is 1. The van der Waals surface area contributed by atoms with Crippen LogP contribution in [0.1, 0.15) is 11.3 Å². The maximum atomic E-state index is 5.84. The minimum Gasteiger partial charge on any atom is -0.455 e. The number of benzene rings is 1. The van der Waals surface area contributed by atoms with Crippen LogP contribution in [0.5, 0.6) is 11.5 Å². The molecule has 1 heterocycles. The van der Waals surface area contributed by atoms with Gasteiger partial charge in [0.2, 0.25) is 0 Å². The number of hydrogen-bond acceptors (Lipinski definition) is 3. The van der Waals surface area contributed by atoms with Crippen molar-refractivity contribution in [3.63, 3.8) is 0 Å². The summed E-state index contributed by atoms with van der Waals surface area (Å²) in [6, 6.07) is 9.62. The fraction of sp³-hybridized carbons (Fsp3) is 0.154. The Kier molecular flexibility index (Phi) is 3.76. The second-order valence-electron chi connectivity index (χ2n) is 3.66. The predicted octanol–water partition coefficient (Wildman–Crippen LogP) is 3.40. The molecule has 0 radical (unpaired) electrons. The van der Waals surface area contributed by atoms with E-state index in [1.54, 1.807) is 6.20 Å². The van der Waals surface area contributed by atoms with E-state index in [0.717, 1.165) is 21.5 Å². The van der Waals surface area contributed by atoms with Crippen molar-refractivity contribution >= 4 is 15.9 Å². The fourth-order valence-corrected chi connectivity index (χ4v) is 1.81. The molecule has 2 rings (SSSR count). The first kappa shape index (κ1) is 12.1. The lowest BCUT2D eigenvalue weighted by Gasteiger charge is -2.11. The molecule has 0 fully saturated rings. The molecule has 0 saturated carbocycles. The van der Waals surface area contributed by atoms with E-state index in [9.17, 15) is 0 Å². The van der Waals surface area contributed by atoms with E-state index in [2.05, 4.69) is 20.9 Å². The minimum absolute atomic E-state index is 0.364. The van der Waals surface area contributed by atoms with Gasteiger partial charge in [0.15, 0.2) is 0 Å². The van der Waals surface area contributed by atoms with Crippen molar-refractivity contribution in [3.8, 4) is 11.5 Å². The van der Waals surface area contributed by atoms with E-state index >= 15 is 0 Å². The van der Waals surface area contributed by atoms with Crippen LogP contribution in [0, 0.1) is 6.92 Å². The molecule has 0 aliphatic rings. The third-order valence-corrected chi connectivity index (χ3v) is 2.91. The summed E-state index contributed by atoms with van der Waals surface area (Å²) >= 11 is 3.42. The minimum atomic E-state index is 0.364. The van der Waals surface area contributed by atoms with Crippen molar-refractivity contribution in [2.24, 2.45) is 5.73 Å². The standard InChI is InChI=1S/C13H13BrN2O/c1-9-4-5-10(14)7-13(9)17-12-3-2-6-16-11(12)8-15/h2-7H,8,15H2,1H3. The molecule has 0 amide bonds. The van der Waals surface area contributed by atoms with Gasteiger partial charge in [-0.05, 0) is 36.8 Å². The van der Waals surface area contributed by atoms with Gasteiger partial charge < -0.3 is 10.5 Å². The molecule has 0 bridgehead atoms. The summed E-state index contributed by atoms with van der Waals surface area (Å²) in [5, 5.41) is 0. The Hall–Kier alpha value is -1.39. The average Bonchev–Trinajstić information content (AvgIpc) is 2.34. The summed E-state index contributed by atoms with van der Waals surface area (Å²) in [5.41, 5.74) is 7.45. The molecule has 0 aliphatic heterocycles.